The summed E-state index contributed by atoms with van der Waals surface area (Å²) in [5, 5.41) is 3.19. The van der Waals surface area contributed by atoms with Crippen LogP contribution in [0.3, 0.4) is 0 Å². The fourth-order valence-corrected chi connectivity index (χ4v) is 3.45. The van der Waals surface area contributed by atoms with Gasteiger partial charge in [-0.15, -0.1) is 0 Å². The molecule has 1 heterocycles. The molecule has 1 aliphatic heterocycles. The van der Waals surface area contributed by atoms with Crippen LogP contribution in [0.25, 0.3) is 5.57 Å². The quantitative estimate of drug-likeness (QED) is 0.614. The fourth-order valence-electron chi connectivity index (χ4n) is 3.45. The predicted molar refractivity (Wildman–Crippen MR) is 118 cm³/mol. The number of carbonyl (C=O) groups excluding carboxylic acids is 2. The zero-order valence-electron chi connectivity index (χ0n) is 16.9. The van der Waals surface area contributed by atoms with Gasteiger partial charge in [-0.25, -0.2) is 4.90 Å². The third-order valence-electron chi connectivity index (χ3n) is 5.11. The summed E-state index contributed by atoms with van der Waals surface area (Å²) in [6.07, 6.45) is 0.930. The molecule has 1 aliphatic rings. The van der Waals surface area contributed by atoms with E-state index in [1.165, 1.54) is 10.5 Å². The predicted octanol–water partition coefficient (Wildman–Crippen LogP) is 4.65. The second kappa shape index (κ2) is 8.25. The SMILES string of the molecule is CCc1ccc(NC2=C(c3ccc(OC)cc3)C(=O)N(c3ccccc3)C2=O)cc1. The van der Waals surface area contributed by atoms with E-state index < -0.39 is 0 Å². The summed E-state index contributed by atoms with van der Waals surface area (Å²) in [7, 11) is 1.59. The van der Waals surface area contributed by atoms with Crippen LogP contribution in [0.2, 0.25) is 0 Å². The highest BCUT2D eigenvalue weighted by molar-refractivity contribution is 6.46. The number of benzene rings is 3. The van der Waals surface area contributed by atoms with E-state index in [0.717, 1.165) is 12.1 Å². The lowest BCUT2D eigenvalue weighted by atomic mass is 10.0. The van der Waals surface area contributed by atoms with Crippen molar-refractivity contribution in [2.75, 3.05) is 17.3 Å². The van der Waals surface area contributed by atoms with Crippen LogP contribution < -0.4 is 15.0 Å². The van der Waals surface area contributed by atoms with Gasteiger partial charge in [0.25, 0.3) is 11.8 Å². The van der Waals surface area contributed by atoms with Gasteiger partial charge in [-0.1, -0.05) is 49.4 Å². The van der Waals surface area contributed by atoms with Crippen molar-refractivity contribution in [3.8, 4) is 5.75 Å². The summed E-state index contributed by atoms with van der Waals surface area (Å²) in [5.41, 5.74) is 3.75. The molecule has 5 nitrogen and oxygen atoms in total. The van der Waals surface area contributed by atoms with Gasteiger partial charge in [0.1, 0.15) is 11.4 Å². The standard InChI is InChI=1S/C25H22N2O3/c1-3-17-9-13-19(14-10-17)26-23-22(18-11-15-21(30-2)16-12-18)24(28)27(25(23)29)20-7-5-4-6-8-20/h4-16,26H,3H2,1-2H3. The molecular weight excluding hydrogens is 376 g/mol. The highest BCUT2D eigenvalue weighted by Crippen LogP contribution is 2.34. The van der Waals surface area contributed by atoms with Gasteiger partial charge < -0.3 is 10.1 Å². The van der Waals surface area contributed by atoms with Gasteiger partial charge in [-0.3, -0.25) is 9.59 Å². The summed E-state index contributed by atoms with van der Waals surface area (Å²) in [6.45, 7) is 2.09. The van der Waals surface area contributed by atoms with Crippen molar-refractivity contribution >= 4 is 28.8 Å². The Labute approximate surface area is 175 Å². The van der Waals surface area contributed by atoms with Crippen LogP contribution >= 0.6 is 0 Å². The molecule has 0 bridgehead atoms. The van der Waals surface area contributed by atoms with E-state index in [9.17, 15) is 9.59 Å². The van der Waals surface area contributed by atoms with Crippen molar-refractivity contribution in [2.45, 2.75) is 13.3 Å². The number of nitrogens with zero attached hydrogens (tertiary/aromatic N) is 1. The van der Waals surface area contributed by atoms with E-state index in [2.05, 4.69) is 12.2 Å². The smallest absolute Gasteiger partial charge is 0.282 e. The van der Waals surface area contributed by atoms with Crippen molar-refractivity contribution in [2.24, 2.45) is 0 Å². The van der Waals surface area contributed by atoms with E-state index >= 15 is 0 Å². The molecule has 30 heavy (non-hydrogen) atoms. The Bertz CT molecular complexity index is 1100. The lowest BCUT2D eigenvalue weighted by Crippen LogP contribution is -2.32. The third kappa shape index (κ3) is 3.57. The average Bonchev–Trinajstić information content (AvgIpc) is 3.04. The van der Waals surface area contributed by atoms with E-state index in [4.69, 9.17) is 4.74 Å². The van der Waals surface area contributed by atoms with Gasteiger partial charge in [0.15, 0.2) is 0 Å². The molecule has 0 saturated heterocycles. The van der Waals surface area contributed by atoms with Gasteiger partial charge in [0.2, 0.25) is 0 Å². The molecule has 0 spiro atoms. The number of hydrogen-bond donors (Lipinski definition) is 1. The maximum Gasteiger partial charge on any atom is 0.282 e. The minimum atomic E-state index is -0.378. The number of carbonyl (C=O) groups is 2. The first-order valence-electron chi connectivity index (χ1n) is 9.81. The van der Waals surface area contributed by atoms with E-state index in [0.29, 0.717) is 22.6 Å². The van der Waals surface area contributed by atoms with Crippen molar-refractivity contribution in [3.63, 3.8) is 0 Å². The molecule has 0 saturated carbocycles. The van der Waals surface area contributed by atoms with Crippen molar-refractivity contribution in [1.82, 2.24) is 0 Å². The van der Waals surface area contributed by atoms with E-state index in [1.807, 2.05) is 30.3 Å². The highest BCUT2D eigenvalue weighted by atomic mass is 16.5. The zero-order chi connectivity index (χ0) is 21.1. The van der Waals surface area contributed by atoms with Crippen LogP contribution in [-0.4, -0.2) is 18.9 Å². The first-order chi connectivity index (χ1) is 14.6. The van der Waals surface area contributed by atoms with Crippen molar-refractivity contribution < 1.29 is 14.3 Å². The van der Waals surface area contributed by atoms with Gasteiger partial charge in [0, 0.05) is 5.69 Å². The molecule has 0 unspecified atom stereocenters. The van der Waals surface area contributed by atoms with Crippen LogP contribution in [0.1, 0.15) is 18.1 Å². The van der Waals surface area contributed by atoms with Crippen molar-refractivity contribution in [1.29, 1.82) is 0 Å². The number of methoxy groups -OCH3 is 1. The Morgan fingerprint density at radius 1 is 0.833 bits per heavy atom. The number of imide groups is 1. The van der Waals surface area contributed by atoms with Gasteiger partial charge in [-0.2, -0.15) is 0 Å². The fraction of sp³-hybridized carbons (Fsp3) is 0.120. The zero-order valence-corrected chi connectivity index (χ0v) is 16.9. The van der Waals surface area contributed by atoms with E-state index in [1.54, 1.807) is 55.6 Å². The molecule has 0 atom stereocenters. The lowest BCUT2D eigenvalue weighted by Gasteiger charge is -2.15. The molecule has 0 aromatic heterocycles. The number of para-hydroxylation sites is 1. The molecule has 4 rings (SSSR count). The summed E-state index contributed by atoms with van der Waals surface area (Å²) in [5.74, 6) is -0.0543. The summed E-state index contributed by atoms with van der Waals surface area (Å²) < 4.78 is 5.22. The van der Waals surface area contributed by atoms with Crippen molar-refractivity contribution in [3.05, 3.63) is 95.7 Å². The number of amides is 2. The second-order valence-corrected chi connectivity index (χ2v) is 6.94. The summed E-state index contributed by atoms with van der Waals surface area (Å²) in [6, 6.07) is 23.9. The monoisotopic (exact) mass is 398 g/mol. The third-order valence-corrected chi connectivity index (χ3v) is 5.11. The van der Waals surface area contributed by atoms with Gasteiger partial charge >= 0.3 is 0 Å². The maximum atomic E-state index is 13.3. The summed E-state index contributed by atoms with van der Waals surface area (Å²) in [4.78, 5) is 27.9. The Morgan fingerprint density at radius 3 is 2.10 bits per heavy atom. The summed E-state index contributed by atoms with van der Waals surface area (Å²) >= 11 is 0. The number of nitrogens with one attached hydrogen (secondary N) is 1. The van der Waals surface area contributed by atoms with Crippen LogP contribution in [0.4, 0.5) is 11.4 Å². The van der Waals surface area contributed by atoms with Crippen LogP contribution in [0.15, 0.2) is 84.6 Å². The Kier molecular flexibility index (Phi) is 5.35. The number of ether oxygens (including phenoxy) is 1. The maximum absolute atomic E-state index is 13.3. The average molecular weight is 398 g/mol. The first kappa shape index (κ1) is 19.5. The molecule has 0 fully saturated rings. The Balaban J connectivity index is 1.78. The number of hydrogen-bond acceptors (Lipinski definition) is 4. The first-order valence-corrected chi connectivity index (χ1v) is 9.81. The molecule has 3 aromatic carbocycles. The van der Waals surface area contributed by atoms with Crippen LogP contribution in [-0.2, 0) is 16.0 Å². The number of anilines is 2. The molecule has 5 heteroatoms. The molecular formula is C25H22N2O3. The highest BCUT2D eigenvalue weighted by Gasteiger charge is 2.40. The molecule has 3 aromatic rings. The second-order valence-electron chi connectivity index (χ2n) is 6.94. The topological polar surface area (TPSA) is 58.6 Å². The van der Waals surface area contributed by atoms with Gasteiger partial charge in [0.05, 0.1) is 18.4 Å². The van der Waals surface area contributed by atoms with E-state index in [-0.39, 0.29) is 17.5 Å². The lowest BCUT2D eigenvalue weighted by molar-refractivity contribution is -0.120. The largest absolute Gasteiger partial charge is 0.497 e. The molecule has 0 aliphatic carbocycles. The normalized spacial score (nSPS) is 13.7. The number of rotatable bonds is 6. The Morgan fingerprint density at radius 2 is 1.50 bits per heavy atom. The van der Waals surface area contributed by atoms with Gasteiger partial charge in [-0.05, 0) is 53.9 Å². The minimum absolute atomic E-state index is 0.262. The molecule has 1 N–H and O–H groups in total. The number of aryl methyl sites for hydroxylation is 1. The minimum Gasteiger partial charge on any atom is -0.497 e. The van der Waals surface area contributed by atoms with Crippen LogP contribution in [0, 0.1) is 0 Å². The molecule has 150 valence electrons. The Hall–Kier alpha value is -3.86. The molecule has 0 radical (unpaired) electrons. The molecule has 2 amide bonds. The van der Waals surface area contributed by atoms with Crippen LogP contribution in [0.5, 0.6) is 5.75 Å².